The van der Waals surface area contributed by atoms with Gasteiger partial charge < -0.3 is 16.0 Å². The zero-order valence-corrected chi connectivity index (χ0v) is 15.9. The van der Waals surface area contributed by atoms with E-state index in [1.165, 1.54) is 11.8 Å². The van der Waals surface area contributed by atoms with Crippen LogP contribution < -0.4 is 16.0 Å². The molecule has 1 heterocycles. The van der Waals surface area contributed by atoms with Crippen molar-refractivity contribution in [3.8, 4) is 0 Å². The number of nitrogens with two attached hydrogens (primary N) is 1. The highest BCUT2D eigenvalue weighted by Crippen LogP contribution is 2.22. The summed E-state index contributed by atoms with van der Waals surface area (Å²) in [5.41, 5.74) is 6.58. The first-order valence-electron chi connectivity index (χ1n) is 7.66. The quantitative estimate of drug-likeness (QED) is 0.760. The fourth-order valence-electron chi connectivity index (χ4n) is 2.11. The van der Waals surface area contributed by atoms with Gasteiger partial charge in [-0.25, -0.2) is 0 Å². The third kappa shape index (κ3) is 5.75. The van der Waals surface area contributed by atoms with Gasteiger partial charge in [-0.2, -0.15) is 15.0 Å². The normalized spacial score (nSPS) is 11.8. The van der Waals surface area contributed by atoms with Gasteiger partial charge in [0.1, 0.15) is 5.82 Å². The minimum Gasteiger partial charge on any atom is -0.368 e. The molecule has 0 saturated carbocycles. The number of nitrogens with one attached hydrogen (secondary N) is 1. The van der Waals surface area contributed by atoms with Crippen molar-refractivity contribution >= 4 is 41.2 Å². The van der Waals surface area contributed by atoms with Gasteiger partial charge in [-0.05, 0) is 18.6 Å². The van der Waals surface area contributed by atoms with Gasteiger partial charge >= 0.3 is 0 Å². The fourth-order valence-corrected chi connectivity index (χ4v) is 3.09. The molecule has 0 aliphatic heterocycles. The van der Waals surface area contributed by atoms with Crippen molar-refractivity contribution in [1.82, 2.24) is 20.3 Å². The largest absolute Gasteiger partial charge is 0.368 e. The number of benzene rings is 1. The summed E-state index contributed by atoms with van der Waals surface area (Å²) in [6, 6.07) is 7.30. The second-order valence-corrected chi connectivity index (χ2v) is 7.00. The summed E-state index contributed by atoms with van der Waals surface area (Å²) < 4.78 is 0. The highest BCUT2D eigenvalue weighted by Gasteiger charge is 2.13. The Kier molecular flexibility index (Phi) is 6.83. The summed E-state index contributed by atoms with van der Waals surface area (Å²) in [6.45, 7) is 1.90. The molecule has 134 valence electrons. The maximum absolute atomic E-state index is 12.1. The number of carbonyl (C=O) groups excluding carboxylic acids is 1. The lowest BCUT2D eigenvalue weighted by Gasteiger charge is -2.15. The SMILES string of the molecule is CC(NC(=O)CSCc1nc(N)nc(N(C)C)n1)c1ccccc1Cl. The second-order valence-electron chi connectivity index (χ2n) is 5.61. The molecule has 2 rings (SSSR count). The number of amides is 1. The molecule has 0 aliphatic rings. The van der Waals surface area contributed by atoms with Crippen molar-refractivity contribution in [3.05, 3.63) is 40.7 Å². The predicted octanol–water partition coefficient (Wildman–Crippen LogP) is 2.28. The lowest BCUT2D eigenvalue weighted by atomic mass is 10.1. The molecule has 0 saturated heterocycles. The Bertz CT molecular complexity index is 742. The zero-order valence-electron chi connectivity index (χ0n) is 14.4. The van der Waals surface area contributed by atoms with Crippen molar-refractivity contribution in [3.63, 3.8) is 0 Å². The number of aromatic nitrogens is 3. The molecule has 0 aliphatic carbocycles. The Morgan fingerprint density at radius 3 is 2.72 bits per heavy atom. The molecule has 7 nitrogen and oxygen atoms in total. The van der Waals surface area contributed by atoms with Gasteiger partial charge in [0.2, 0.25) is 17.8 Å². The molecular formula is C16H21ClN6OS. The monoisotopic (exact) mass is 380 g/mol. The van der Waals surface area contributed by atoms with E-state index in [0.717, 1.165) is 5.56 Å². The molecule has 25 heavy (non-hydrogen) atoms. The maximum atomic E-state index is 12.1. The van der Waals surface area contributed by atoms with Crippen LogP contribution in [0.15, 0.2) is 24.3 Å². The van der Waals surface area contributed by atoms with Gasteiger partial charge in [-0.3, -0.25) is 4.79 Å². The van der Waals surface area contributed by atoms with Crippen LogP contribution in [0.5, 0.6) is 0 Å². The summed E-state index contributed by atoms with van der Waals surface area (Å²) in [5, 5.41) is 3.57. The minimum atomic E-state index is -0.157. The van der Waals surface area contributed by atoms with E-state index in [1.54, 1.807) is 4.90 Å². The van der Waals surface area contributed by atoms with E-state index in [4.69, 9.17) is 17.3 Å². The summed E-state index contributed by atoms with van der Waals surface area (Å²) in [6.07, 6.45) is 0. The van der Waals surface area contributed by atoms with Crippen LogP contribution in [-0.2, 0) is 10.5 Å². The van der Waals surface area contributed by atoms with Crippen LogP contribution in [0.1, 0.15) is 24.4 Å². The Morgan fingerprint density at radius 1 is 1.32 bits per heavy atom. The van der Waals surface area contributed by atoms with Crippen LogP contribution >= 0.6 is 23.4 Å². The highest BCUT2D eigenvalue weighted by molar-refractivity contribution is 7.99. The van der Waals surface area contributed by atoms with Crippen molar-refractivity contribution in [1.29, 1.82) is 0 Å². The first kappa shape index (κ1) is 19.3. The first-order valence-corrected chi connectivity index (χ1v) is 9.19. The number of thioether (sulfide) groups is 1. The molecule has 1 unspecified atom stereocenters. The molecule has 2 aromatic rings. The minimum absolute atomic E-state index is 0.0766. The predicted molar refractivity (Wildman–Crippen MR) is 103 cm³/mol. The maximum Gasteiger partial charge on any atom is 0.230 e. The van der Waals surface area contributed by atoms with Crippen LogP contribution in [-0.4, -0.2) is 40.7 Å². The third-order valence-electron chi connectivity index (χ3n) is 3.30. The van der Waals surface area contributed by atoms with Gasteiger partial charge in [0.15, 0.2) is 0 Å². The van der Waals surface area contributed by atoms with E-state index in [-0.39, 0.29) is 23.7 Å². The van der Waals surface area contributed by atoms with Gasteiger partial charge in [0.25, 0.3) is 0 Å². The molecule has 1 aromatic carbocycles. The average Bonchev–Trinajstić information content (AvgIpc) is 2.54. The molecule has 0 radical (unpaired) electrons. The molecule has 0 spiro atoms. The molecule has 1 amide bonds. The van der Waals surface area contributed by atoms with E-state index in [9.17, 15) is 4.79 Å². The van der Waals surface area contributed by atoms with Gasteiger partial charge in [-0.15, -0.1) is 11.8 Å². The number of anilines is 2. The summed E-state index contributed by atoms with van der Waals surface area (Å²) in [7, 11) is 3.66. The number of nitrogens with zero attached hydrogens (tertiary/aromatic N) is 4. The number of rotatable bonds is 7. The zero-order chi connectivity index (χ0) is 18.4. The summed E-state index contributed by atoms with van der Waals surface area (Å²) >= 11 is 7.56. The smallest absolute Gasteiger partial charge is 0.230 e. The van der Waals surface area contributed by atoms with Crippen molar-refractivity contribution < 1.29 is 4.79 Å². The second kappa shape index (κ2) is 8.87. The van der Waals surface area contributed by atoms with E-state index in [0.29, 0.717) is 22.5 Å². The standard InChI is InChI=1S/C16H21ClN6OS/c1-10(11-6-4-5-7-12(11)17)19-14(24)9-25-8-13-20-15(18)22-16(21-13)23(2)3/h4-7,10H,8-9H2,1-3H3,(H,19,24)(H2,18,20,21,22). The lowest BCUT2D eigenvalue weighted by Crippen LogP contribution is -2.28. The lowest BCUT2D eigenvalue weighted by molar-refractivity contribution is -0.119. The van der Waals surface area contributed by atoms with Crippen LogP contribution in [0, 0.1) is 0 Å². The van der Waals surface area contributed by atoms with Crippen molar-refractivity contribution in [2.24, 2.45) is 0 Å². The van der Waals surface area contributed by atoms with Crippen molar-refractivity contribution in [2.75, 3.05) is 30.5 Å². The number of halogens is 1. The van der Waals surface area contributed by atoms with Crippen LogP contribution in [0.25, 0.3) is 0 Å². The number of hydrogen-bond donors (Lipinski definition) is 2. The Morgan fingerprint density at radius 2 is 2.04 bits per heavy atom. The number of hydrogen-bond acceptors (Lipinski definition) is 7. The molecule has 1 atom stereocenters. The molecule has 0 fully saturated rings. The van der Waals surface area contributed by atoms with E-state index in [2.05, 4.69) is 20.3 Å². The average molecular weight is 381 g/mol. The Labute approximate surface area is 156 Å². The molecule has 0 bridgehead atoms. The highest BCUT2D eigenvalue weighted by atomic mass is 35.5. The Balaban J connectivity index is 1.86. The van der Waals surface area contributed by atoms with E-state index in [1.807, 2.05) is 45.3 Å². The van der Waals surface area contributed by atoms with Crippen LogP contribution in [0.3, 0.4) is 0 Å². The number of carbonyl (C=O) groups is 1. The summed E-state index contributed by atoms with van der Waals surface area (Å²) in [4.78, 5) is 26.3. The van der Waals surface area contributed by atoms with Gasteiger partial charge in [-0.1, -0.05) is 29.8 Å². The van der Waals surface area contributed by atoms with Gasteiger partial charge in [0.05, 0.1) is 17.5 Å². The Hall–Kier alpha value is -2.06. The van der Waals surface area contributed by atoms with Crippen molar-refractivity contribution in [2.45, 2.75) is 18.7 Å². The van der Waals surface area contributed by atoms with E-state index >= 15 is 0 Å². The van der Waals surface area contributed by atoms with E-state index < -0.39 is 0 Å². The first-order chi connectivity index (χ1) is 11.9. The third-order valence-corrected chi connectivity index (χ3v) is 4.57. The van der Waals surface area contributed by atoms with Crippen LogP contribution in [0.2, 0.25) is 5.02 Å². The summed E-state index contributed by atoms with van der Waals surface area (Å²) in [5.74, 6) is 1.91. The molecule has 9 heteroatoms. The molecule has 1 aromatic heterocycles. The van der Waals surface area contributed by atoms with Crippen LogP contribution in [0.4, 0.5) is 11.9 Å². The van der Waals surface area contributed by atoms with Gasteiger partial charge in [0, 0.05) is 19.1 Å². The molecular weight excluding hydrogens is 360 g/mol. The fraction of sp³-hybridized carbons (Fsp3) is 0.375. The topological polar surface area (TPSA) is 97.0 Å². The number of nitrogen functional groups attached to an aromatic ring is 1. The molecule has 3 N–H and O–H groups in total.